The van der Waals surface area contributed by atoms with E-state index in [1.54, 1.807) is 6.26 Å². The lowest BCUT2D eigenvalue weighted by atomic mass is 10.2. The predicted molar refractivity (Wildman–Crippen MR) is 56.2 cm³/mol. The first kappa shape index (κ1) is 11.3. The third kappa shape index (κ3) is 3.94. The molecule has 3 heteroatoms. The molecule has 80 valence electrons. The van der Waals surface area contributed by atoms with E-state index in [4.69, 9.17) is 9.15 Å². The third-order valence-corrected chi connectivity index (χ3v) is 1.97. The van der Waals surface area contributed by atoms with Crippen LogP contribution in [0, 0.1) is 0 Å². The molecule has 3 nitrogen and oxygen atoms in total. The van der Waals surface area contributed by atoms with E-state index in [1.807, 2.05) is 26.0 Å². The molecule has 1 aromatic rings. The van der Waals surface area contributed by atoms with E-state index in [0.717, 1.165) is 18.9 Å². The third-order valence-electron chi connectivity index (χ3n) is 1.97. The fourth-order valence-corrected chi connectivity index (χ4v) is 1.21. The van der Waals surface area contributed by atoms with Crippen LogP contribution in [0.15, 0.2) is 22.8 Å². The van der Waals surface area contributed by atoms with Gasteiger partial charge in [-0.05, 0) is 32.9 Å². The fourth-order valence-electron chi connectivity index (χ4n) is 1.21. The van der Waals surface area contributed by atoms with Crippen molar-refractivity contribution in [2.24, 2.45) is 0 Å². The Kier molecular flexibility index (Phi) is 4.70. The van der Waals surface area contributed by atoms with Gasteiger partial charge in [0.15, 0.2) is 0 Å². The average molecular weight is 197 g/mol. The molecule has 0 saturated heterocycles. The summed E-state index contributed by atoms with van der Waals surface area (Å²) < 4.78 is 10.7. The summed E-state index contributed by atoms with van der Waals surface area (Å²) in [7, 11) is 0. The van der Waals surface area contributed by atoms with Gasteiger partial charge >= 0.3 is 0 Å². The van der Waals surface area contributed by atoms with Crippen LogP contribution in [0.3, 0.4) is 0 Å². The minimum absolute atomic E-state index is 0.251. The van der Waals surface area contributed by atoms with Crippen LogP contribution in [-0.2, 0) is 4.74 Å². The molecule has 0 bridgehead atoms. The van der Waals surface area contributed by atoms with Gasteiger partial charge in [-0.3, -0.25) is 0 Å². The highest BCUT2D eigenvalue weighted by atomic mass is 16.5. The van der Waals surface area contributed by atoms with E-state index in [9.17, 15) is 0 Å². The van der Waals surface area contributed by atoms with E-state index < -0.39 is 0 Å². The first-order chi connectivity index (χ1) is 6.70. The molecule has 1 N–H and O–H groups in total. The van der Waals surface area contributed by atoms with Gasteiger partial charge in [-0.2, -0.15) is 0 Å². The Morgan fingerprint density at radius 3 is 2.79 bits per heavy atom. The number of hydrogen-bond donors (Lipinski definition) is 1. The van der Waals surface area contributed by atoms with E-state index in [-0.39, 0.29) is 6.04 Å². The Balaban J connectivity index is 2.13. The van der Waals surface area contributed by atoms with Crippen molar-refractivity contribution in [2.75, 3.05) is 13.2 Å². The quantitative estimate of drug-likeness (QED) is 0.711. The lowest BCUT2D eigenvalue weighted by molar-refractivity contribution is 0.0792. The van der Waals surface area contributed by atoms with Crippen LogP contribution in [0.25, 0.3) is 0 Å². The Hall–Kier alpha value is -0.800. The van der Waals surface area contributed by atoms with Crippen LogP contribution in [0.5, 0.6) is 0 Å². The van der Waals surface area contributed by atoms with Gasteiger partial charge in [-0.1, -0.05) is 0 Å². The summed E-state index contributed by atoms with van der Waals surface area (Å²) in [6.45, 7) is 7.74. The largest absolute Gasteiger partial charge is 0.468 e. The SMILES string of the molecule is CC(C)OCCNC(C)c1ccco1. The Bertz CT molecular complexity index is 231. The second-order valence-corrected chi connectivity index (χ2v) is 3.61. The molecule has 14 heavy (non-hydrogen) atoms. The minimum atomic E-state index is 0.251. The van der Waals surface area contributed by atoms with Crippen LogP contribution >= 0.6 is 0 Å². The standard InChI is InChI=1S/C11H19NO2/c1-9(2)13-8-6-12-10(3)11-5-4-7-14-11/h4-5,7,9-10,12H,6,8H2,1-3H3. The molecule has 1 atom stereocenters. The monoisotopic (exact) mass is 197 g/mol. The summed E-state index contributed by atoms with van der Waals surface area (Å²) in [4.78, 5) is 0. The van der Waals surface area contributed by atoms with Gasteiger partial charge in [-0.15, -0.1) is 0 Å². The summed E-state index contributed by atoms with van der Waals surface area (Å²) >= 11 is 0. The highest BCUT2D eigenvalue weighted by molar-refractivity contribution is 5.02. The molecule has 0 aliphatic rings. The first-order valence-electron chi connectivity index (χ1n) is 5.08. The molecule has 0 fully saturated rings. The number of nitrogens with one attached hydrogen (secondary N) is 1. The molecule has 1 heterocycles. The van der Waals surface area contributed by atoms with E-state index in [2.05, 4.69) is 12.2 Å². The number of hydrogen-bond acceptors (Lipinski definition) is 3. The maximum Gasteiger partial charge on any atom is 0.120 e. The summed E-state index contributed by atoms with van der Waals surface area (Å²) in [5.41, 5.74) is 0. The van der Waals surface area contributed by atoms with Gasteiger partial charge < -0.3 is 14.5 Å². The van der Waals surface area contributed by atoms with E-state index in [1.165, 1.54) is 0 Å². The molecule has 0 aliphatic heterocycles. The van der Waals surface area contributed by atoms with Gasteiger partial charge in [0.05, 0.1) is 25.0 Å². The highest BCUT2D eigenvalue weighted by Gasteiger charge is 2.06. The van der Waals surface area contributed by atoms with Crippen molar-refractivity contribution in [3.05, 3.63) is 24.2 Å². The maximum absolute atomic E-state index is 5.42. The Labute approximate surface area is 85.4 Å². The maximum atomic E-state index is 5.42. The number of ether oxygens (including phenoxy) is 1. The van der Waals surface area contributed by atoms with Crippen LogP contribution in [0.1, 0.15) is 32.6 Å². The van der Waals surface area contributed by atoms with Crippen molar-refractivity contribution in [1.82, 2.24) is 5.32 Å². The van der Waals surface area contributed by atoms with Crippen molar-refractivity contribution in [3.8, 4) is 0 Å². The number of rotatable bonds is 6. The predicted octanol–water partition coefficient (Wildman–Crippen LogP) is 2.36. The zero-order chi connectivity index (χ0) is 10.4. The van der Waals surface area contributed by atoms with Crippen molar-refractivity contribution in [3.63, 3.8) is 0 Å². The molecular weight excluding hydrogens is 178 g/mol. The zero-order valence-electron chi connectivity index (χ0n) is 9.12. The topological polar surface area (TPSA) is 34.4 Å². The van der Waals surface area contributed by atoms with Gasteiger partial charge in [0, 0.05) is 6.54 Å². The van der Waals surface area contributed by atoms with Gasteiger partial charge in [0.25, 0.3) is 0 Å². The molecule has 0 radical (unpaired) electrons. The summed E-state index contributed by atoms with van der Waals surface area (Å²) in [6.07, 6.45) is 1.99. The molecule has 0 aliphatic carbocycles. The molecule has 0 aromatic carbocycles. The Morgan fingerprint density at radius 2 is 2.21 bits per heavy atom. The van der Waals surface area contributed by atoms with Gasteiger partial charge in [-0.25, -0.2) is 0 Å². The van der Waals surface area contributed by atoms with E-state index in [0.29, 0.717) is 6.10 Å². The van der Waals surface area contributed by atoms with E-state index >= 15 is 0 Å². The highest BCUT2D eigenvalue weighted by Crippen LogP contribution is 2.11. The lowest BCUT2D eigenvalue weighted by Crippen LogP contribution is -2.24. The minimum Gasteiger partial charge on any atom is -0.468 e. The summed E-state index contributed by atoms with van der Waals surface area (Å²) in [5, 5.41) is 3.32. The van der Waals surface area contributed by atoms with Crippen molar-refractivity contribution >= 4 is 0 Å². The number of furan rings is 1. The fraction of sp³-hybridized carbons (Fsp3) is 0.636. The molecule has 1 unspecified atom stereocenters. The molecule has 0 amide bonds. The molecule has 1 aromatic heterocycles. The zero-order valence-corrected chi connectivity index (χ0v) is 9.12. The Morgan fingerprint density at radius 1 is 1.43 bits per heavy atom. The second kappa shape index (κ2) is 5.83. The first-order valence-corrected chi connectivity index (χ1v) is 5.08. The molecular formula is C11H19NO2. The van der Waals surface area contributed by atoms with Crippen LogP contribution in [0.4, 0.5) is 0 Å². The van der Waals surface area contributed by atoms with Crippen LogP contribution in [-0.4, -0.2) is 19.3 Å². The van der Waals surface area contributed by atoms with Crippen molar-refractivity contribution in [2.45, 2.75) is 32.9 Å². The summed E-state index contributed by atoms with van der Waals surface area (Å²) in [6, 6.07) is 4.12. The van der Waals surface area contributed by atoms with Crippen LogP contribution in [0.2, 0.25) is 0 Å². The van der Waals surface area contributed by atoms with Crippen molar-refractivity contribution in [1.29, 1.82) is 0 Å². The molecule has 0 spiro atoms. The normalized spacial score (nSPS) is 13.4. The smallest absolute Gasteiger partial charge is 0.120 e. The molecule has 1 rings (SSSR count). The van der Waals surface area contributed by atoms with Crippen LogP contribution < -0.4 is 5.32 Å². The van der Waals surface area contributed by atoms with Gasteiger partial charge in [0.2, 0.25) is 0 Å². The lowest BCUT2D eigenvalue weighted by Gasteiger charge is -2.12. The molecule has 0 saturated carbocycles. The van der Waals surface area contributed by atoms with Crippen molar-refractivity contribution < 1.29 is 9.15 Å². The second-order valence-electron chi connectivity index (χ2n) is 3.61. The summed E-state index contributed by atoms with van der Waals surface area (Å²) in [5.74, 6) is 0.967. The van der Waals surface area contributed by atoms with Gasteiger partial charge in [0.1, 0.15) is 5.76 Å². The average Bonchev–Trinajstić information content (AvgIpc) is 2.64.